The van der Waals surface area contributed by atoms with E-state index in [4.69, 9.17) is 0 Å². The van der Waals surface area contributed by atoms with E-state index >= 15 is 0 Å². The summed E-state index contributed by atoms with van der Waals surface area (Å²) in [7, 11) is 0. The van der Waals surface area contributed by atoms with E-state index in [1.54, 1.807) is 0 Å². The second kappa shape index (κ2) is 7.64. The topological polar surface area (TPSA) is 12.0 Å². The minimum absolute atomic E-state index is 0.613. The molecule has 1 heterocycles. The average Bonchev–Trinajstić information content (AvgIpc) is 2.70. The Balaban J connectivity index is 2.23. The molecule has 1 nitrogen and oxygen atoms in total. The van der Waals surface area contributed by atoms with Crippen molar-refractivity contribution in [2.45, 2.75) is 45.6 Å². The summed E-state index contributed by atoms with van der Waals surface area (Å²) < 4.78 is 0. The van der Waals surface area contributed by atoms with Gasteiger partial charge in [0, 0.05) is 10.9 Å². The Hall–Kier alpha value is -0.600. The molecule has 0 fully saturated rings. The van der Waals surface area contributed by atoms with E-state index in [1.807, 2.05) is 11.3 Å². The van der Waals surface area contributed by atoms with Crippen molar-refractivity contribution in [3.8, 4) is 0 Å². The number of hydrogen-bond donors (Lipinski definition) is 1. The van der Waals surface area contributed by atoms with Gasteiger partial charge in [0.05, 0.1) is 0 Å². The molecule has 1 N–H and O–H groups in total. The Morgan fingerprint density at radius 3 is 2.94 bits per heavy atom. The fourth-order valence-electron chi connectivity index (χ4n) is 1.96. The third kappa shape index (κ3) is 5.47. The van der Waals surface area contributed by atoms with Crippen molar-refractivity contribution in [3.63, 3.8) is 0 Å². The van der Waals surface area contributed by atoms with Crippen LogP contribution < -0.4 is 5.32 Å². The van der Waals surface area contributed by atoms with Gasteiger partial charge in [-0.3, -0.25) is 0 Å². The van der Waals surface area contributed by atoms with Crippen LogP contribution in [0.4, 0.5) is 0 Å². The zero-order valence-electron chi connectivity index (χ0n) is 10.5. The van der Waals surface area contributed by atoms with Gasteiger partial charge < -0.3 is 5.32 Å². The Morgan fingerprint density at radius 1 is 1.56 bits per heavy atom. The zero-order chi connectivity index (χ0) is 11.8. The predicted octanol–water partition coefficient (Wildman–Crippen LogP) is 4.02. The fraction of sp³-hybridized carbons (Fsp3) is 0.571. The summed E-state index contributed by atoms with van der Waals surface area (Å²) >= 11 is 1.86. The van der Waals surface area contributed by atoms with Crippen LogP contribution >= 0.6 is 11.3 Å². The molecule has 1 rings (SSSR count). The summed E-state index contributed by atoms with van der Waals surface area (Å²) in [4.78, 5) is 1.51. The van der Waals surface area contributed by atoms with E-state index in [0.717, 1.165) is 13.0 Å². The summed E-state index contributed by atoms with van der Waals surface area (Å²) in [6, 6.07) is 4.98. The molecule has 1 aromatic heterocycles. The monoisotopic (exact) mass is 237 g/mol. The van der Waals surface area contributed by atoms with Crippen molar-refractivity contribution in [2.75, 3.05) is 6.54 Å². The molecule has 0 amide bonds. The lowest BCUT2D eigenvalue weighted by molar-refractivity contribution is 0.476. The summed E-state index contributed by atoms with van der Waals surface area (Å²) in [5, 5.41) is 5.69. The molecule has 0 spiro atoms. The number of aryl methyl sites for hydroxylation is 1. The smallest absolute Gasteiger partial charge is 0.0104 e. The van der Waals surface area contributed by atoms with E-state index in [1.165, 1.54) is 29.7 Å². The third-order valence-electron chi connectivity index (χ3n) is 2.64. The number of thiophene rings is 1. The normalized spacial score (nSPS) is 12.6. The van der Waals surface area contributed by atoms with Crippen molar-refractivity contribution in [1.29, 1.82) is 0 Å². The van der Waals surface area contributed by atoms with Gasteiger partial charge in [0.1, 0.15) is 0 Å². The fourth-order valence-corrected chi connectivity index (χ4v) is 2.71. The maximum atomic E-state index is 4.00. The van der Waals surface area contributed by atoms with Gasteiger partial charge in [-0.15, -0.1) is 17.9 Å². The minimum atomic E-state index is 0.613. The highest BCUT2D eigenvalue weighted by Crippen LogP contribution is 2.14. The van der Waals surface area contributed by atoms with Gasteiger partial charge in [0.15, 0.2) is 0 Å². The van der Waals surface area contributed by atoms with Gasteiger partial charge in [-0.25, -0.2) is 0 Å². The van der Waals surface area contributed by atoms with Gasteiger partial charge in [0.2, 0.25) is 0 Å². The summed E-state index contributed by atoms with van der Waals surface area (Å²) in [6.45, 7) is 9.34. The maximum absolute atomic E-state index is 4.00. The van der Waals surface area contributed by atoms with Gasteiger partial charge >= 0.3 is 0 Å². The maximum Gasteiger partial charge on any atom is 0.0104 e. The first-order valence-corrected chi connectivity index (χ1v) is 7.00. The number of rotatable bonds is 8. The highest BCUT2D eigenvalue weighted by molar-refractivity contribution is 7.09. The SMILES string of the molecule is C=C(C)CC(CCCc1cccs1)NCC. The molecule has 1 atom stereocenters. The van der Waals surface area contributed by atoms with Crippen molar-refractivity contribution in [1.82, 2.24) is 5.32 Å². The van der Waals surface area contributed by atoms with Gasteiger partial charge in [-0.2, -0.15) is 0 Å². The lowest BCUT2D eigenvalue weighted by Crippen LogP contribution is -2.29. The second-order valence-corrected chi connectivity index (χ2v) is 5.42. The molecule has 0 saturated heterocycles. The first-order chi connectivity index (χ1) is 7.72. The minimum Gasteiger partial charge on any atom is -0.314 e. The largest absolute Gasteiger partial charge is 0.314 e. The first-order valence-electron chi connectivity index (χ1n) is 6.12. The van der Waals surface area contributed by atoms with Crippen LogP contribution in [0.2, 0.25) is 0 Å². The lowest BCUT2D eigenvalue weighted by atomic mass is 10.0. The van der Waals surface area contributed by atoms with E-state index in [9.17, 15) is 0 Å². The van der Waals surface area contributed by atoms with Crippen molar-refractivity contribution in [3.05, 3.63) is 34.5 Å². The Bertz CT molecular complexity index is 290. The Morgan fingerprint density at radius 2 is 2.38 bits per heavy atom. The first kappa shape index (κ1) is 13.5. The average molecular weight is 237 g/mol. The van der Waals surface area contributed by atoms with Crippen LogP contribution in [0.3, 0.4) is 0 Å². The molecule has 0 aliphatic rings. The molecule has 1 aromatic rings. The standard InChI is InChI=1S/C14H23NS/c1-4-15-13(11-12(2)3)7-5-8-14-9-6-10-16-14/h6,9-10,13,15H,2,4-5,7-8,11H2,1,3H3. The second-order valence-electron chi connectivity index (χ2n) is 4.39. The number of nitrogens with one attached hydrogen (secondary N) is 1. The molecule has 2 heteroatoms. The molecule has 0 aromatic carbocycles. The molecular formula is C14H23NS. The Kier molecular flexibility index (Phi) is 6.43. The van der Waals surface area contributed by atoms with E-state index < -0.39 is 0 Å². The van der Waals surface area contributed by atoms with Crippen LogP contribution in [-0.2, 0) is 6.42 Å². The predicted molar refractivity (Wildman–Crippen MR) is 74.2 cm³/mol. The molecule has 1 unspecified atom stereocenters. The summed E-state index contributed by atoms with van der Waals surface area (Å²) in [6.07, 6.45) is 4.85. The molecule has 0 bridgehead atoms. The van der Waals surface area contributed by atoms with E-state index in [0.29, 0.717) is 6.04 Å². The van der Waals surface area contributed by atoms with Crippen molar-refractivity contribution in [2.24, 2.45) is 0 Å². The molecular weight excluding hydrogens is 214 g/mol. The van der Waals surface area contributed by atoms with Gasteiger partial charge in [-0.05, 0) is 50.6 Å². The van der Waals surface area contributed by atoms with Crippen LogP contribution in [0, 0.1) is 0 Å². The quantitative estimate of drug-likeness (QED) is 0.674. The van der Waals surface area contributed by atoms with Crippen LogP contribution in [0.1, 0.15) is 38.0 Å². The Labute approximate surface area is 104 Å². The van der Waals surface area contributed by atoms with Crippen molar-refractivity contribution < 1.29 is 0 Å². The highest BCUT2D eigenvalue weighted by atomic mass is 32.1. The van der Waals surface area contributed by atoms with Crippen LogP contribution in [-0.4, -0.2) is 12.6 Å². The van der Waals surface area contributed by atoms with Crippen molar-refractivity contribution >= 4 is 11.3 Å². The van der Waals surface area contributed by atoms with Gasteiger partial charge in [-0.1, -0.05) is 18.6 Å². The molecule has 0 radical (unpaired) electrons. The highest BCUT2D eigenvalue weighted by Gasteiger charge is 2.07. The van der Waals surface area contributed by atoms with Crippen LogP contribution in [0.25, 0.3) is 0 Å². The molecule has 0 aliphatic heterocycles. The molecule has 16 heavy (non-hydrogen) atoms. The molecule has 90 valence electrons. The van der Waals surface area contributed by atoms with Gasteiger partial charge in [0.25, 0.3) is 0 Å². The van der Waals surface area contributed by atoms with Crippen LogP contribution in [0.5, 0.6) is 0 Å². The lowest BCUT2D eigenvalue weighted by Gasteiger charge is -2.17. The molecule has 0 saturated carbocycles. The third-order valence-corrected chi connectivity index (χ3v) is 3.58. The van der Waals surface area contributed by atoms with E-state index in [-0.39, 0.29) is 0 Å². The number of hydrogen-bond acceptors (Lipinski definition) is 2. The molecule has 0 aliphatic carbocycles. The summed E-state index contributed by atoms with van der Waals surface area (Å²) in [5.74, 6) is 0. The summed E-state index contributed by atoms with van der Waals surface area (Å²) in [5.41, 5.74) is 1.28. The zero-order valence-corrected chi connectivity index (χ0v) is 11.3. The van der Waals surface area contributed by atoms with Crippen LogP contribution in [0.15, 0.2) is 29.7 Å². The van der Waals surface area contributed by atoms with E-state index in [2.05, 4.69) is 43.3 Å².